The number of hydrogen-bond acceptors (Lipinski definition) is 6. The Morgan fingerprint density at radius 3 is 2.45 bits per heavy atom. The SMILES string of the molecule is CCNC(=NCCN1CCN(c2ncccn2)CC1)NCCc1ccccn1.I. The van der Waals surface area contributed by atoms with Crippen LogP contribution in [0.4, 0.5) is 5.95 Å². The van der Waals surface area contributed by atoms with E-state index in [1.807, 2.05) is 30.5 Å². The van der Waals surface area contributed by atoms with Gasteiger partial charge in [0, 0.05) is 76.5 Å². The standard InChI is InChI=1S/C20H30N8.HI/c1-2-21-19(23-11-7-18-6-3-4-8-22-18)24-12-13-27-14-16-28(17-15-27)20-25-9-5-10-26-20;/h3-6,8-10H,2,7,11-17H2,1H3,(H2,21,23,24);1H. The Bertz CT molecular complexity index is 705. The minimum atomic E-state index is 0. The fraction of sp³-hybridized carbons (Fsp3) is 0.500. The number of halogens is 1. The molecule has 0 aromatic carbocycles. The maximum absolute atomic E-state index is 4.71. The van der Waals surface area contributed by atoms with Crippen LogP contribution >= 0.6 is 24.0 Å². The molecule has 0 atom stereocenters. The second-order valence-corrected chi connectivity index (χ2v) is 6.64. The predicted molar refractivity (Wildman–Crippen MR) is 128 cm³/mol. The zero-order valence-electron chi connectivity index (χ0n) is 17.0. The van der Waals surface area contributed by atoms with Gasteiger partial charge in [-0.3, -0.25) is 14.9 Å². The second-order valence-electron chi connectivity index (χ2n) is 6.64. The number of nitrogens with zero attached hydrogens (tertiary/aromatic N) is 6. The number of aromatic nitrogens is 3. The molecular formula is C20H31IN8. The lowest BCUT2D eigenvalue weighted by atomic mass is 10.3. The number of aliphatic imine (C=N–C) groups is 1. The molecule has 1 saturated heterocycles. The fourth-order valence-corrected chi connectivity index (χ4v) is 3.13. The Labute approximate surface area is 190 Å². The smallest absolute Gasteiger partial charge is 0.225 e. The summed E-state index contributed by atoms with van der Waals surface area (Å²) in [4.78, 5) is 22.4. The quantitative estimate of drug-likeness (QED) is 0.316. The minimum Gasteiger partial charge on any atom is -0.357 e. The molecular weight excluding hydrogens is 479 g/mol. The molecule has 0 bridgehead atoms. The number of nitrogens with one attached hydrogen (secondary N) is 2. The summed E-state index contributed by atoms with van der Waals surface area (Å²) in [7, 11) is 0. The molecule has 2 aromatic heterocycles. The third-order valence-corrected chi connectivity index (χ3v) is 4.64. The number of rotatable bonds is 8. The summed E-state index contributed by atoms with van der Waals surface area (Å²) in [6, 6.07) is 7.86. The highest BCUT2D eigenvalue weighted by atomic mass is 127. The molecule has 1 aliphatic rings. The van der Waals surface area contributed by atoms with Gasteiger partial charge in [-0.25, -0.2) is 9.97 Å². The van der Waals surface area contributed by atoms with E-state index in [-0.39, 0.29) is 24.0 Å². The van der Waals surface area contributed by atoms with Gasteiger partial charge < -0.3 is 15.5 Å². The topological polar surface area (TPSA) is 81.6 Å². The maximum atomic E-state index is 4.71. The van der Waals surface area contributed by atoms with Gasteiger partial charge in [-0.15, -0.1) is 24.0 Å². The maximum Gasteiger partial charge on any atom is 0.225 e. The van der Waals surface area contributed by atoms with E-state index in [4.69, 9.17) is 4.99 Å². The van der Waals surface area contributed by atoms with Crippen LogP contribution in [0.15, 0.2) is 47.8 Å². The molecule has 0 saturated carbocycles. The van der Waals surface area contributed by atoms with Gasteiger partial charge in [0.15, 0.2) is 5.96 Å². The van der Waals surface area contributed by atoms with Gasteiger partial charge in [0.25, 0.3) is 0 Å². The molecule has 3 rings (SSSR count). The number of piperazine rings is 1. The first-order valence-electron chi connectivity index (χ1n) is 10.0. The van der Waals surface area contributed by atoms with Crippen molar-refractivity contribution in [3.63, 3.8) is 0 Å². The van der Waals surface area contributed by atoms with E-state index < -0.39 is 0 Å². The van der Waals surface area contributed by atoms with Crippen molar-refractivity contribution in [3.05, 3.63) is 48.5 Å². The van der Waals surface area contributed by atoms with E-state index in [9.17, 15) is 0 Å². The average Bonchev–Trinajstić information content (AvgIpc) is 2.76. The van der Waals surface area contributed by atoms with Crippen LogP contribution < -0.4 is 15.5 Å². The highest BCUT2D eigenvalue weighted by Gasteiger charge is 2.18. The predicted octanol–water partition coefficient (Wildman–Crippen LogP) is 1.41. The summed E-state index contributed by atoms with van der Waals surface area (Å²) < 4.78 is 0. The lowest BCUT2D eigenvalue weighted by molar-refractivity contribution is 0.263. The van der Waals surface area contributed by atoms with Gasteiger partial charge in [0.2, 0.25) is 5.95 Å². The first kappa shape index (κ1) is 23.3. The zero-order valence-corrected chi connectivity index (χ0v) is 19.3. The normalized spacial score (nSPS) is 14.9. The Morgan fingerprint density at radius 1 is 1.00 bits per heavy atom. The van der Waals surface area contributed by atoms with Crippen LogP contribution in [0.2, 0.25) is 0 Å². The minimum absolute atomic E-state index is 0. The van der Waals surface area contributed by atoms with Crippen molar-refractivity contribution >= 4 is 35.9 Å². The van der Waals surface area contributed by atoms with Crippen LogP contribution in [-0.4, -0.2) is 78.2 Å². The molecule has 8 nitrogen and oxygen atoms in total. The van der Waals surface area contributed by atoms with Crippen LogP contribution in [0.25, 0.3) is 0 Å². The molecule has 2 N–H and O–H groups in total. The molecule has 0 unspecified atom stereocenters. The summed E-state index contributed by atoms with van der Waals surface area (Å²) in [5.41, 5.74) is 1.09. The van der Waals surface area contributed by atoms with Gasteiger partial charge in [0.1, 0.15) is 0 Å². The third kappa shape index (κ3) is 8.09. The van der Waals surface area contributed by atoms with E-state index in [2.05, 4.69) is 42.3 Å². The highest BCUT2D eigenvalue weighted by molar-refractivity contribution is 14.0. The summed E-state index contributed by atoms with van der Waals surface area (Å²) in [6.07, 6.45) is 6.31. The highest BCUT2D eigenvalue weighted by Crippen LogP contribution is 2.09. The first-order valence-corrected chi connectivity index (χ1v) is 10.0. The molecule has 0 spiro atoms. The van der Waals surface area contributed by atoms with E-state index in [0.29, 0.717) is 0 Å². The van der Waals surface area contributed by atoms with Crippen molar-refractivity contribution in [1.29, 1.82) is 0 Å². The van der Waals surface area contributed by atoms with Crippen molar-refractivity contribution in [2.75, 3.05) is 57.3 Å². The van der Waals surface area contributed by atoms with Crippen LogP contribution in [0.5, 0.6) is 0 Å². The molecule has 3 heterocycles. The van der Waals surface area contributed by atoms with Crippen molar-refractivity contribution in [3.8, 4) is 0 Å². The Balaban J connectivity index is 0.00000300. The third-order valence-electron chi connectivity index (χ3n) is 4.64. The van der Waals surface area contributed by atoms with E-state index in [1.165, 1.54) is 0 Å². The first-order chi connectivity index (χ1) is 13.8. The Morgan fingerprint density at radius 2 is 1.76 bits per heavy atom. The van der Waals surface area contributed by atoms with Crippen molar-refractivity contribution in [2.45, 2.75) is 13.3 Å². The van der Waals surface area contributed by atoms with Gasteiger partial charge in [0.05, 0.1) is 6.54 Å². The molecule has 158 valence electrons. The van der Waals surface area contributed by atoms with E-state index in [1.54, 1.807) is 12.4 Å². The van der Waals surface area contributed by atoms with Crippen LogP contribution in [0, 0.1) is 0 Å². The van der Waals surface area contributed by atoms with Gasteiger partial charge in [-0.05, 0) is 25.1 Å². The van der Waals surface area contributed by atoms with Crippen LogP contribution in [-0.2, 0) is 6.42 Å². The molecule has 1 aliphatic heterocycles. The average molecular weight is 510 g/mol. The molecule has 2 aromatic rings. The molecule has 0 amide bonds. The van der Waals surface area contributed by atoms with Gasteiger partial charge in [-0.1, -0.05) is 6.07 Å². The molecule has 1 fully saturated rings. The molecule has 0 radical (unpaired) electrons. The second kappa shape index (κ2) is 13.3. The van der Waals surface area contributed by atoms with Gasteiger partial charge >= 0.3 is 0 Å². The van der Waals surface area contributed by atoms with Gasteiger partial charge in [-0.2, -0.15) is 0 Å². The Kier molecular flexibility index (Phi) is 10.6. The van der Waals surface area contributed by atoms with Crippen molar-refractivity contribution < 1.29 is 0 Å². The lowest BCUT2D eigenvalue weighted by Gasteiger charge is -2.34. The summed E-state index contributed by atoms with van der Waals surface area (Å²) in [5.74, 6) is 1.70. The number of pyridine rings is 1. The number of anilines is 1. The van der Waals surface area contributed by atoms with Crippen LogP contribution in [0.1, 0.15) is 12.6 Å². The fourth-order valence-electron chi connectivity index (χ4n) is 3.13. The largest absolute Gasteiger partial charge is 0.357 e. The van der Waals surface area contributed by atoms with E-state index in [0.717, 1.165) is 76.4 Å². The summed E-state index contributed by atoms with van der Waals surface area (Å²) >= 11 is 0. The monoisotopic (exact) mass is 510 g/mol. The summed E-state index contributed by atoms with van der Waals surface area (Å²) in [5, 5.41) is 6.70. The van der Waals surface area contributed by atoms with Crippen LogP contribution in [0.3, 0.4) is 0 Å². The molecule has 9 heteroatoms. The van der Waals surface area contributed by atoms with E-state index >= 15 is 0 Å². The Hall–Kier alpha value is -2.01. The number of guanidine groups is 1. The number of hydrogen-bond donors (Lipinski definition) is 2. The van der Waals surface area contributed by atoms with Crippen molar-refractivity contribution in [2.24, 2.45) is 4.99 Å². The zero-order chi connectivity index (χ0) is 19.4. The molecule has 29 heavy (non-hydrogen) atoms. The molecule has 0 aliphatic carbocycles. The lowest BCUT2D eigenvalue weighted by Crippen LogP contribution is -2.47. The van der Waals surface area contributed by atoms with Crippen molar-refractivity contribution in [1.82, 2.24) is 30.5 Å². The summed E-state index contributed by atoms with van der Waals surface area (Å²) in [6.45, 7) is 9.42.